The van der Waals surface area contributed by atoms with Crippen LogP contribution in [0, 0.1) is 0 Å². The Kier molecular flexibility index (Phi) is 1.55. The predicted molar refractivity (Wildman–Crippen MR) is 49.2 cm³/mol. The summed E-state index contributed by atoms with van der Waals surface area (Å²) in [6.07, 6.45) is 1.71. The maximum atomic E-state index is 10.8. The lowest BCUT2D eigenvalue weighted by Crippen LogP contribution is -2.10. The first kappa shape index (κ1) is 7.79. The van der Waals surface area contributed by atoms with Crippen LogP contribution in [0.15, 0.2) is 24.4 Å². The van der Waals surface area contributed by atoms with Crippen LogP contribution in [0.4, 0.5) is 0 Å². The van der Waals surface area contributed by atoms with Gasteiger partial charge in [-0.2, -0.15) is 5.10 Å². The van der Waals surface area contributed by atoms with Crippen LogP contribution in [0.1, 0.15) is 10.4 Å². The number of aryl methyl sites for hydroxylation is 1. The highest BCUT2D eigenvalue weighted by Crippen LogP contribution is 2.14. The summed E-state index contributed by atoms with van der Waals surface area (Å²) in [6, 6.07) is 5.28. The molecule has 0 aliphatic heterocycles. The second-order valence-electron chi connectivity index (χ2n) is 2.91. The fourth-order valence-electron chi connectivity index (χ4n) is 1.32. The summed E-state index contributed by atoms with van der Waals surface area (Å²) >= 11 is 0. The standard InChI is InChI=1S/C9H9N3O/c1-12-8-3-2-6(9(10)13)4-7(8)5-11-12/h2-5H,1H3,(H2,10,13). The molecule has 13 heavy (non-hydrogen) atoms. The molecule has 1 heterocycles. The maximum Gasteiger partial charge on any atom is 0.248 e. The molecule has 0 saturated carbocycles. The van der Waals surface area contributed by atoms with Crippen LogP contribution in [-0.4, -0.2) is 15.7 Å². The van der Waals surface area contributed by atoms with E-state index in [4.69, 9.17) is 5.73 Å². The maximum absolute atomic E-state index is 10.8. The van der Waals surface area contributed by atoms with Gasteiger partial charge in [0, 0.05) is 18.0 Å². The molecular weight excluding hydrogens is 166 g/mol. The average molecular weight is 175 g/mol. The molecule has 0 atom stereocenters. The molecule has 2 aromatic rings. The first-order chi connectivity index (χ1) is 6.18. The number of carbonyl (C=O) groups is 1. The third kappa shape index (κ3) is 1.16. The van der Waals surface area contributed by atoms with Gasteiger partial charge in [0.05, 0.1) is 11.7 Å². The van der Waals surface area contributed by atoms with Gasteiger partial charge in [0.1, 0.15) is 0 Å². The van der Waals surface area contributed by atoms with Crippen molar-refractivity contribution in [2.24, 2.45) is 12.8 Å². The quantitative estimate of drug-likeness (QED) is 0.692. The van der Waals surface area contributed by atoms with Crippen LogP contribution < -0.4 is 5.73 Å². The van der Waals surface area contributed by atoms with Gasteiger partial charge in [-0.25, -0.2) is 0 Å². The van der Waals surface area contributed by atoms with Gasteiger partial charge < -0.3 is 5.73 Å². The first-order valence-corrected chi connectivity index (χ1v) is 3.90. The van der Waals surface area contributed by atoms with E-state index in [1.165, 1.54) is 0 Å². The lowest BCUT2D eigenvalue weighted by Gasteiger charge is -1.96. The van der Waals surface area contributed by atoms with E-state index in [0.717, 1.165) is 10.9 Å². The van der Waals surface area contributed by atoms with E-state index in [0.29, 0.717) is 5.56 Å². The Morgan fingerprint density at radius 3 is 3.00 bits per heavy atom. The van der Waals surface area contributed by atoms with Crippen molar-refractivity contribution >= 4 is 16.8 Å². The van der Waals surface area contributed by atoms with Crippen molar-refractivity contribution < 1.29 is 4.79 Å². The number of hydrogen-bond acceptors (Lipinski definition) is 2. The molecule has 66 valence electrons. The summed E-state index contributed by atoms with van der Waals surface area (Å²) in [6.45, 7) is 0. The highest BCUT2D eigenvalue weighted by atomic mass is 16.1. The number of carbonyl (C=O) groups excluding carboxylic acids is 1. The Bertz CT molecular complexity index is 473. The molecular formula is C9H9N3O. The fraction of sp³-hybridized carbons (Fsp3) is 0.111. The molecule has 0 unspecified atom stereocenters. The van der Waals surface area contributed by atoms with E-state index < -0.39 is 5.91 Å². The van der Waals surface area contributed by atoms with Crippen LogP contribution in [0.25, 0.3) is 10.9 Å². The van der Waals surface area contributed by atoms with Crippen molar-refractivity contribution in [3.05, 3.63) is 30.0 Å². The number of nitrogens with two attached hydrogens (primary N) is 1. The van der Waals surface area contributed by atoms with Crippen LogP contribution in [-0.2, 0) is 7.05 Å². The Balaban J connectivity index is 2.70. The summed E-state index contributed by atoms with van der Waals surface area (Å²) < 4.78 is 1.75. The monoisotopic (exact) mass is 175 g/mol. The molecule has 4 nitrogen and oxygen atoms in total. The minimum atomic E-state index is -0.411. The van der Waals surface area contributed by atoms with E-state index >= 15 is 0 Å². The Morgan fingerprint density at radius 2 is 2.31 bits per heavy atom. The number of amides is 1. The van der Waals surface area contributed by atoms with Crippen LogP contribution in [0.2, 0.25) is 0 Å². The second-order valence-corrected chi connectivity index (χ2v) is 2.91. The molecule has 0 aliphatic rings. The summed E-state index contributed by atoms with van der Waals surface area (Å²) in [5, 5.41) is 4.99. The summed E-state index contributed by atoms with van der Waals surface area (Å²) in [5.41, 5.74) is 6.65. The molecule has 0 bridgehead atoms. The van der Waals surface area contributed by atoms with Gasteiger partial charge in [-0.3, -0.25) is 9.48 Å². The van der Waals surface area contributed by atoms with Crippen LogP contribution >= 0.6 is 0 Å². The van der Waals surface area contributed by atoms with E-state index in [-0.39, 0.29) is 0 Å². The minimum Gasteiger partial charge on any atom is -0.366 e. The fourth-order valence-corrected chi connectivity index (χ4v) is 1.32. The molecule has 2 N–H and O–H groups in total. The van der Waals surface area contributed by atoms with Gasteiger partial charge in [-0.15, -0.1) is 0 Å². The molecule has 1 amide bonds. The van der Waals surface area contributed by atoms with E-state index in [9.17, 15) is 4.79 Å². The largest absolute Gasteiger partial charge is 0.366 e. The molecule has 2 rings (SSSR count). The number of aromatic nitrogens is 2. The molecule has 1 aromatic heterocycles. The number of fused-ring (bicyclic) bond motifs is 1. The van der Waals surface area contributed by atoms with Gasteiger partial charge in [0.2, 0.25) is 5.91 Å². The van der Waals surface area contributed by atoms with E-state index in [1.54, 1.807) is 23.0 Å². The number of primary amides is 1. The van der Waals surface area contributed by atoms with Crippen molar-refractivity contribution in [3.8, 4) is 0 Å². The van der Waals surface area contributed by atoms with E-state index in [2.05, 4.69) is 5.10 Å². The van der Waals surface area contributed by atoms with Gasteiger partial charge >= 0.3 is 0 Å². The SMILES string of the molecule is Cn1ncc2cc(C(N)=O)ccc21. The Labute approximate surface area is 75.0 Å². The smallest absolute Gasteiger partial charge is 0.248 e. The summed E-state index contributed by atoms with van der Waals surface area (Å²) in [7, 11) is 1.85. The average Bonchev–Trinajstić information content (AvgIpc) is 2.47. The zero-order valence-electron chi connectivity index (χ0n) is 7.19. The molecule has 0 spiro atoms. The molecule has 0 aliphatic carbocycles. The summed E-state index contributed by atoms with van der Waals surface area (Å²) in [4.78, 5) is 10.8. The zero-order chi connectivity index (χ0) is 9.42. The zero-order valence-corrected chi connectivity index (χ0v) is 7.19. The van der Waals surface area contributed by atoms with Gasteiger partial charge in [0.25, 0.3) is 0 Å². The second kappa shape index (κ2) is 2.58. The molecule has 0 fully saturated rings. The molecule has 0 saturated heterocycles. The molecule has 0 radical (unpaired) electrons. The predicted octanol–water partition coefficient (Wildman–Crippen LogP) is 0.672. The van der Waals surface area contributed by atoms with E-state index in [1.807, 2.05) is 13.1 Å². The third-order valence-electron chi connectivity index (χ3n) is 2.03. The number of rotatable bonds is 1. The van der Waals surface area contributed by atoms with Crippen molar-refractivity contribution in [3.63, 3.8) is 0 Å². The number of hydrogen-bond donors (Lipinski definition) is 1. The number of benzene rings is 1. The van der Waals surface area contributed by atoms with Gasteiger partial charge in [0.15, 0.2) is 0 Å². The molecule has 4 heteroatoms. The minimum absolute atomic E-state index is 0.411. The van der Waals surface area contributed by atoms with Crippen LogP contribution in [0.5, 0.6) is 0 Å². The highest BCUT2D eigenvalue weighted by molar-refractivity contribution is 5.96. The van der Waals surface area contributed by atoms with Crippen LogP contribution in [0.3, 0.4) is 0 Å². The number of nitrogens with zero attached hydrogens (tertiary/aromatic N) is 2. The van der Waals surface area contributed by atoms with Gasteiger partial charge in [-0.05, 0) is 18.2 Å². The van der Waals surface area contributed by atoms with Crippen molar-refractivity contribution in [1.29, 1.82) is 0 Å². The van der Waals surface area contributed by atoms with Crippen molar-refractivity contribution in [1.82, 2.24) is 9.78 Å². The third-order valence-corrected chi connectivity index (χ3v) is 2.03. The summed E-state index contributed by atoms with van der Waals surface area (Å²) in [5.74, 6) is -0.411. The van der Waals surface area contributed by atoms with Crippen molar-refractivity contribution in [2.45, 2.75) is 0 Å². The lowest BCUT2D eigenvalue weighted by molar-refractivity contribution is 0.100. The Morgan fingerprint density at radius 1 is 1.54 bits per heavy atom. The van der Waals surface area contributed by atoms with Crippen molar-refractivity contribution in [2.75, 3.05) is 0 Å². The topological polar surface area (TPSA) is 60.9 Å². The lowest BCUT2D eigenvalue weighted by atomic mass is 10.1. The first-order valence-electron chi connectivity index (χ1n) is 3.90. The Hall–Kier alpha value is -1.84. The highest BCUT2D eigenvalue weighted by Gasteiger charge is 2.03. The normalized spacial score (nSPS) is 10.5. The molecule has 1 aromatic carbocycles. The van der Waals surface area contributed by atoms with Gasteiger partial charge in [-0.1, -0.05) is 0 Å².